The number of amides is 1. The monoisotopic (exact) mass is 305 g/mol. The average molecular weight is 305 g/mol. The molecule has 22 heavy (non-hydrogen) atoms. The van der Waals surface area contributed by atoms with Gasteiger partial charge in [-0.3, -0.25) is 4.79 Å². The Morgan fingerprint density at radius 2 is 2.23 bits per heavy atom. The van der Waals surface area contributed by atoms with Gasteiger partial charge in [0.2, 0.25) is 0 Å². The quantitative estimate of drug-likeness (QED) is 0.928. The summed E-state index contributed by atoms with van der Waals surface area (Å²) >= 11 is 0. The highest BCUT2D eigenvalue weighted by molar-refractivity contribution is 5.95. The van der Waals surface area contributed by atoms with Crippen LogP contribution < -0.4 is 0 Å². The van der Waals surface area contributed by atoms with Gasteiger partial charge in [0, 0.05) is 24.1 Å². The standard InChI is InChI=1S/C18H24FNO2/c1-13-3-6-15(19)9-16(13)17(22)20-8-2-7-18(11-20,12-21)10-14-4-5-14/h3,6,9,14,21H,2,4-5,7-8,10-12H2,1H3/t18-/m0/s1. The minimum atomic E-state index is -0.377. The zero-order chi connectivity index (χ0) is 15.7. The second kappa shape index (κ2) is 5.99. The van der Waals surface area contributed by atoms with Crippen LogP contribution in [0.1, 0.15) is 48.0 Å². The third-order valence-corrected chi connectivity index (χ3v) is 5.13. The van der Waals surface area contributed by atoms with Crippen LogP contribution in [0.5, 0.6) is 0 Å². The number of hydrogen-bond donors (Lipinski definition) is 1. The molecule has 1 saturated heterocycles. The lowest BCUT2D eigenvalue weighted by Crippen LogP contribution is -2.48. The van der Waals surface area contributed by atoms with Crippen molar-refractivity contribution >= 4 is 5.91 Å². The van der Waals surface area contributed by atoms with Crippen LogP contribution in [0.2, 0.25) is 0 Å². The molecule has 0 radical (unpaired) electrons. The summed E-state index contributed by atoms with van der Waals surface area (Å²) in [5, 5.41) is 9.89. The smallest absolute Gasteiger partial charge is 0.254 e. The maximum absolute atomic E-state index is 13.5. The maximum Gasteiger partial charge on any atom is 0.254 e. The highest BCUT2D eigenvalue weighted by Crippen LogP contribution is 2.44. The summed E-state index contributed by atoms with van der Waals surface area (Å²) < 4.78 is 13.5. The molecule has 2 fully saturated rings. The normalized spacial score (nSPS) is 25.3. The van der Waals surface area contributed by atoms with Gasteiger partial charge in [0.05, 0.1) is 6.61 Å². The van der Waals surface area contributed by atoms with E-state index in [0.717, 1.165) is 30.7 Å². The second-order valence-electron chi connectivity index (χ2n) is 7.10. The molecule has 1 heterocycles. The third-order valence-electron chi connectivity index (χ3n) is 5.13. The molecule has 1 atom stereocenters. The van der Waals surface area contributed by atoms with Crippen LogP contribution in [0.3, 0.4) is 0 Å². The molecule has 120 valence electrons. The fourth-order valence-electron chi connectivity index (χ4n) is 3.67. The number of aliphatic hydroxyl groups is 1. The van der Waals surface area contributed by atoms with E-state index in [1.54, 1.807) is 6.07 Å². The topological polar surface area (TPSA) is 40.5 Å². The summed E-state index contributed by atoms with van der Waals surface area (Å²) in [6.07, 6.45) is 5.39. The Balaban J connectivity index is 1.78. The molecule has 0 spiro atoms. The number of piperidine rings is 1. The van der Waals surface area contributed by atoms with Crippen molar-refractivity contribution in [1.82, 2.24) is 4.90 Å². The first-order valence-corrected chi connectivity index (χ1v) is 8.19. The van der Waals surface area contributed by atoms with Gasteiger partial charge in [0.1, 0.15) is 5.82 Å². The molecule has 1 saturated carbocycles. The fraction of sp³-hybridized carbons (Fsp3) is 0.611. The molecule has 4 heteroatoms. The molecule has 1 N–H and O–H groups in total. The van der Waals surface area contributed by atoms with E-state index < -0.39 is 0 Å². The number of nitrogens with zero attached hydrogens (tertiary/aromatic N) is 1. The Kier molecular flexibility index (Phi) is 4.22. The van der Waals surface area contributed by atoms with Gasteiger partial charge in [-0.15, -0.1) is 0 Å². The highest BCUT2D eigenvalue weighted by Gasteiger charge is 2.41. The predicted molar refractivity (Wildman–Crippen MR) is 83.1 cm³/mol. The number of aliphatic hydroxyl groups excluding tert-OH is 1. The lowest BCUT2D eigenvalue weighted by molar-refractivity contribution is 0.0195. The van der Waals surface area contributed by atoms with E-state index in [1.807, 2.05) is 11.8 Å². The summed E-state index contributed by atoms with van der Waals surface area (Å²) in [5.74, 6) is 0.237. The minimum Gasteiger partial charge on any atom is -0.396 e. The number of hydrogen-bond acceptors (Lipinski definition) is 2. The Morgan fingerprint density at radius 1 is 1.45 bits per heavy atom. The van der Waals surface area contributed by atoms with Gasteiger partial charge in [-0.1, -0.05) is 18.9 Å². The summed E-state index contributed by atoms with van der Waals surface area (Å²) in [6.45, 7) is 3.26. The molecule has 1 aliphatic heterocycles. The van der Waals surface area contributed by atoms with E-state index in [2.05, 4.69) is 0 Å². The van der Waals surface area contributed by atoms with Crippen molar-refractivity contribution in [2.24, 2.45) is 11.3 Å². The molecule has 1 aromatic carbocycles. The minimum absolute atomic E-state index is 0.106. The number of carbonyl (C=O) groups is 1. The van der Waals surface area contributed by atoms with Crippen molar-refractivity contribution in [3.8, 4) is 0 Å². The van der Waals surface area contributed by atoms with E-state index in [0.29, 0.717) is 18.7 Å². The first-order chi connectivity index (χ1) is 10.5. The average Bonchev–Trinajstić information content (AvgIpc) is 3.33. The molecule has 3 rings (SSSR count). The van der Waals surface area contributed by atoms with Crippen LogP contribution in [-0.4, -0.2) is 35.6 Å². The molecule has 0 bridgehead atoms. The van der Waals surface area contributed by atoms with Crippen LogP contribution in [0.15, 0.2) is 18.2 Å². The van der Waals surface area contributed by atoms with Crippen molar-refractivity contribution in [2.45, 2.75) is 39.0 Å². The predicted octanol–water partition coefficient (Wildman–Crippen LogP) is 3.15. The largest absolute Gasteiger partial charge is 0.396 e. The Morgan fingerprint density at radius 3 is 2.91 bits per heavy atom. The first kappa shape index (κ1) is 15.5. The molecular weight excluding hydrogens is 281 g/mol. The van der Waals surface area contributed by atoms with Gasteiger partial charge in [-0.25, -0.2) is 4.39 Å². The van der Waals surface area contributed by atoms with E-state index in [-0.39, 0.29) is 23.7 Å². The lowest BCUT2D eigenvalue weighted by Gasteiger charge is -2.42. The molecule has 1 aromatic rings. The van der Waals surface area contributed by atoms with Crippen LogP contribution >= 0.6 is 0 Å². The van der Waals surface area contributed by atoms with Gasteiger partial charge in [-0.2, -0.15) is 0 Å². The van der Waals surface area contributed by atoms with Gasteiger partial charge >= 0.3 is 0 Å². The van der Waals surface area contributed by atoms with E-state index in [9.17, 15) is 14.3 Å². The van der Waals surface area contributed by atoms with Crippen molar-refractivity contribution in [3.05, 3.63) is 35.1 Å². The summed E-state index contributed by atoms with van der Waals surface area (Å²) in [6, 6.07) is 4.36. The number of halogens is 1. The zero-order valence-electron chi connectivity index (χ0n) is 13.1. The highest BCUT2D eigenvalue weighted by atomic mass is 19.1. The first-order valence-electron chi connectivity index (χ1n) is 8.19. The number of benzene rings is 1. The van der Waals surface area contributed by atoms with Crippen LogP contribution in [-0.2, 0) is 0 Å². The van der Waals surface area contributed by atoms with Crippen LogP contribution in [0.25, 0.3) is 0 Å². The number of rotatable bonds is 4. The van der Waals surface area contributed by atoms with Crippen molar-refractivity contribution in [1.29, 1.82) is 0 Å². The van der Waals surface area contributed by atoms with Crippen LogP contribution in [0, 0.1) is 24.1 Å². The van der Waals surface area contributed by atoms with Crippen molar-refractivity contribution < 1.29 is 14.3 Å². The van der Waals surface area contributed by atoms with Gasteiger partial charge in [0.25, 0.3) is 5.91 Å². The molecule has 3 nitrogen and oxygen atoms in total. The third kappa shape index (κ3) is 3.17. The lowest BCUT2D eigenvalue weighted by atomic mass is 9.76. The summed E-state index contributed by atoms with van der Waals surface area (Å²) in [7, 11) is 0. The molecule has 1 amide bonds. The van der Waals surface area contributed by atoms with Gasteiger partial charge in [-0.05, 0) is 49.8 Å². The molecular formula is C18H24FNO2. The molecule has 1 aliphatic carbocycles. The maximum atomic E-state index is 13.5. The van der Waals surface area contributed by atoms with Gasteiger partial charge < -0.3 is 10.0 Å². The van der Waals surface area contributed by atoms with E-state index in [1.165, 1.54) is 25.0 Å². The molecule has 2 aliphatic rings. The Hall–Kier alpha value is -1.42. The second-order valence-corrected chi connectivity index (χ2v) is 7.10. The number of carbonyl (C=O) groups excluding carboxylic acids is 1. The zero-order valence-corrected chi connectivity index (χ0v) is 13.1. The van der Waals surface area contributed by atoms with Crippen LogP contribution in [0.4, 0.5) is 4.39 Å². The molecule has 0 unspecified atom stereocenters. The fourth-order valence-corrected chi connectivity index (χ4v) is 3.67. The van der Waals surface area contributed by atoms with E-state index in [4.69, 9.17) is 0 Å². The Bertz CT molecular complexity index is 570. The number of aryl methyl sites for hydroxylation is 1. The summed E-state index contributed by atoms with van der Waals surface area (Å²) in [4.78, 5) is 14.6. The molecule has 0 aromatic heterocycles. The van der Waals surface area contributed by atoms with E-state index >= 15 is 0 Å². The van der Waals surface area contributed by atoms with Crippen molar-refractivity contribution in [2.75, 3.05) is 19.7 Å². The summed E-state index contributed by atoms with van der Waals surface area (Å²) in [5.41, 5.74) is 1.09. The Labute approximate surface area is 131 Å². The SMILES string of the molecule is Cc1ccc(F)cc1C(=O)N1CCC[C@](CO)(CC2CC2)C1. The number of likely N-dealkylation sites (tertiary alicyclic amines) is 1. The van der Waals surface area contributed by atoms with Gasteiger partial charge in [0.15, 0.2) is 0 Å². The van der Waals surface area contributed by atoms with Crippen molar-refractivity contribution in [3.63, 3.8) is 0 Å².